The van der Waals surface area contributed by atoms with Crippen LogP contribution in [0.1, 0.15) is 24.3 Å². The van der Waals surface area contributed by atoms with Crippen molar-refractivity contribution >= 4 is 11.7 Å². The van der Waals surface area contributed by atoms with E-state index in [-0.39, 0.29) is 11.7 Å². The number of pyridine rings is 1. The van der Waals surface area contributed by atoms with Gasteiger partial charge in [-0.05, 0) is 26.0 Å². The Bertz CT molecular complexity index is 382. The maximum absolute atomic E-state index is 11.1. The van der Waals surface area contributed by atoms with Crippen LogP contribution >= 0.6 is 0 Å². The van der Waals surface area contributed by atoms with Crippen LogP contribution in [0.25, 0.3) is 0 Å². The van der Waals surface area contributed by atoms with E-state index in [1.165, 1.54) is 6.20 Å². The Morgan fingerprint density at radius 2 is 2.35 bits per heavy atom. The fourth-order valence-electron chi connectivity index (χ4n) is 1.84. The van der Waals surface area contributed by atoms with Crippen LogP contribution in [-0.4, -0.2) is 42.4 Å². The van der Waals surface area contributed by atoms with Crippen LogP contribution in [0, 0.1) is 0 Å². The highest BCUT2D eigenvalue weighted by molar-refractivity contribution is 5.92. The summed E-state index contributed by atoms with van der Waals surface area (Å²) in [6.45, 7) is 5.22. The lowest BCUT2D eigenvalue weighted by atomic mass is 10.2. The Kier molecular flexibility index (Phi) is 4.90. The summed E-state index contributed by atoms with van der Waals surface area (Å²) >= 11 is 0. The Labute approximate surface area is 101 Å². The van der Waals surface area contributed by atoms with Crippen molar-refractivity contribution in [2.45, 2.75) is 19.9 Å². The van der Waals surface area contributed by atoms with E-state index in [4.69, 9.17) is 9.84 Å². The molecule has 0 aromatic carbocycles. The molecule has 1 atom stereocenters. The first kappa shape index (κ1) is 13.4. The molecule has 0 spiro atoms. The van der Waals surface area contributed by atoms with Gasteiger partial charge in [0.1, 0.15) is 0 Å². The van der Waals surface area contributed by atoms with Gasteiger partial charge in [-0.25, -0.2) is 9.78 Å². The summed E-state index contributed by atoms with van der Waals surface area (Å²) < 4.78 is 5.10. The predicted octanol–water partition coefficient (Wildman–Crippen LogP) is 1.64. The van der Waals surface area contributed by atoms with E-state index in [9.17, 15) is 4.79 Å². The third-order valence-corrected chi connectivity index (χ3v) is 2.58. The summed E-state index contributed by atoms with van der Waals surface area (Å²) in [7, 11) is 1.63. The van der Waals surface area contributed by atoms with E-state index < -0.39 is 5.97 Å². The number of hydrogen-bond donors (Lipinski definition) is 1. The van der Waals surface area contributed by atoms with Gasteiger partial charge in [-0.15, -0.1) is 0 Å². The molecule has 1 aromatic heterocycles. The van der Waals surface area contributed by atoms with Gasteiger partial charge >= 0.3 is 5.97 Å². The fourth-order valence-corrected chi connectivity index (χ4v) is 1.84. The van der Waals surface area contributed by atoms with Crippen LogP contribution in [-0.2, 0) is 4.74 Å². The van der Waals surface area contributed by atoms with Gasteiger partial charge in [-0.1, -0.05) is 0 Å². The van der Waals surface area contributed by atoms with Crippen LogP contribution in [0.2, 0.25) is 0 Å². The lowest BCUT2D eigenvalue weighted by molar-refractivity contribution is 0.0691. The zero-order valence-electron chi connectivity index (χ0n) is 10.4. The quantitative estimate of drug-likeness (QED) is 0.816. The maximum atomic E-state index is 11.1. The topological polar surface area (TPSA) is 62.7 Å². The lowest BCUT2D eigenvalue weighted by Gasteiger charge is -2.30. The van der Waals surface area contributed by atoms with E-state index in [0.29, 0.717) is 18.8 Å². The first-order valence-corrected chi connectivity index (χ1v) is 5.55. The molecule has 0 amide bonds. The minimum absolute atomic E-state index is 0.0808. The van der Waals surface area contributed by atoms with Crippen LogP contribution in [0.5, 0.6) is 0 Å². The summed E-state index contributed by atoms with van der Waals surface area (Å²) in [5.74, 6) is -1.01. The molecule has 94 valence electrons. The first-order chi connectivity index (χ1) is 8.11. The van der Waals surface area contributed by atoms with Crippen molar-refractivity contribution in [1.29, 1.82) is 0 Å². The smallest absolute Gasteiger partial charge is 0.356 e. The van der Waals surface area contributed by atoms with Crippen molar-refractivity contribution in [3.8, 4) is 0 Å². The number of methoxy groups -OCH3 is 1. The van der Waals surface area contributed by atoms with Crippen LogP contribution in [0.4, 0.5) is 5.69 Å². The van der Waals surface area contributed by atoms with E-state index in [1.54, 1.807) is 19.2 Å². The molecule has 0 aliphatic heterocycles. The van der Waals surface area contributed by atoms with Gasteiger partial charge in [0, 0.05) is 25.9 Å². The number of hydrogen-bond acceptors (Lipinski definition) is 4. The second kappa shape index (κ2) is 6.20. The summed E-state index contributed by atoms with van der Waals surface area (Å²) in [4.78, 5) is 17.0. The number of carboxylic acid groups (broad SMARTS) is 1. The molecule has 0 radical (unpaired) electrons. The largest absolute Gasteiger partial charge is 0.476 e. The predicted molar refractivity (Wildman–Crippen MR) is 65.6 cm³/mol. The van der Waals surface area contributed by atoms with Gasteiger partial charge in [-0.2, -0.15) is 0 Å². The van der Waals surface area contributed by atoms with Gasteiger partial charge in [0.15, 0.2) is 5.69 Å². The fraction of sp³-hybridized carbons (Fsp3) is 0.500. The zero-order chi connectivity index (χ0) is 12.8. The van der Waals surface area contributed by atoms with Crippen LogP contribution in [0.15, 0.2) is 18.3 Å². The highest BCUT2D eigenvalue weighted by Gasteiger charge is 2.19. The molecule has 0 fully saturated rings. The van der Waals surface area contributed by atoms with Gasteiger partial charge in [0.2, 0.25) is 0 Å². The molecule has 1 unspecified atom stereocenters. The van der Waals surface area contributed by atoms with Crippen molar-refractivity contribution in [1.82, 2.24) is 4.98 Å². The summed E-state index contributed by atoms with van der Waals surface area (Å²) in [6, 6.07) is 3.61. The highest BCUT2D eigenvalue weighted by Crippen LogP contribution is 2.20. The second-order valence-electron chi connectivity index (χ2n) is 3.77. The Morgan fingerprint density at radius 3 is 2.88 bits per heavy atom. The number of carboxylic acids is 1. The highest BCUT2D eigenvalue weighted by atomic mass is 16.5. The van der Waals surface area contributed by atoms with Crippen LogP contribution in [0.3, 0.4) is 0 Å². The number of nitrogens with zero attached hydrogens (tertiary/aromatic N) is 2. The summed E-state index contributed by atoms with van der Waals surface area (Å²) in [5, 5.41) is 9.10. The minimum atomic E-state index is -1.01. The average molecular weight is 238 g/mol. The molecule has 0 aliphatic carbocycles. The third kappa shape index (κ3) is 3.17. The van der Waals surface area contributed by atoms with Crippen molar-refractivity contribution < 1.29 is 14.6 Å². The Hall–Kier alpha value is -1.62. The number of likely N-dealkylation sites (N-methyl/N-ethyl adjacent to an activating group) is 1. The van der Waals surface area contributed by atoms with Crippen molar-refractivity contribution in [3.63, 3.8) is 0 Å². The molecule has 17 heavy (non-hydrogen) atoms. The van der Waals surface area contributed by atoms with E-state index in [0.717, 1.165) is 0 Å². The monoisotopic (exact) mass is 238 g/mol. The molecule has 0 saturated carbocycles. The molecular weight excluding hydrogens is 220 g/mol. The second-order valence-corrected chi connectivity index (χ2v) is 3.77. The molecule has 1 aromatic rings. The van der Waals surface area contributed by atoms with Crippen molar-refractivity contribution in [2.24, 2.45) is 0 Å². The molecule has 1 heterocycles. The van der Waals surface area contributed by atoms with Crippen LogP contribution < -0.4 is 4.90 Å². The standard InChI is InChI=1S/C12H18N2O3/c1-4-14(9(2)8-17-3)10-6-5-7-13-11(10)12(15)16/h5-7,9H,4,8H2,1-3H3,(H,15,16). The molecule has 5 nitrogen and oxygen atoms in total. The number of rotatable bonds is 6. The van der Waals surface area contributed by atoms with Crippen molar-refractivity contribution in [3.05, 3.63) is 24.0 Å². The molecule has 0 saturated heterocycles. The molecule has 1 N–H and O–H groups in total. The molecular formula is C12H18N2O3. The van der Waals surface area contributed by atoms with Gasteiger partial charge in [-0.3, -0.25) is 0 Å². The third-order valence-electron chi connectivity index (χ3n) is 2.58. The zero-order valence-corrected chi connectivity index (χ0v) is 10.4. The van der Waals surface area contributed by atoms with E-state index >= 15 is 0 Å². The Balaban J connectivity index is 3.06. The number of carbonyl (C=O) groups is 1. The summed E-state index contributed by atoms with van der Waals surface area (Å²) in [6.07, 6.45) is 1.49. The molecule has 1 rings (SSSR count). The van der Waals surface area contributed by atoms with Gasteiger partial charge < -0.3 is 14.7 Å². The van der Waals surface area contributed by atoms with E-state index in [1.807, 2.05) is 18.7 Å². The number of aromatic nitrogens is 1. The first-order valence-electron chi connectivity index (χ1n) is 5.55. The molecule has 0 bridgehead atoms. The Morgan fingerprint density at radius 1 is 1.65 bits per heavy atom. The van der Waals surface area contributed by atoms with Crippen molar-refractivity contribution in [2.75, 3.05) is 25.2 Å². The molecule has 5 heteroatoms. The van der Waals surface area contributed by atoms with Gasteiger partial charge in [0.25, 0.3) is 0 Å². The number of aromatic carboxylic acids is 1. The average Bonchev–Trinajstić information content (AvgIpc) is 2.31. The SMILES string of the molecule is CCN(c1cccnc1C(=O)O)C(C)COC. The lowest BCUT2D eigenvalue weighted by Crippen LogP contribution is -2.37. The van der Waals surface area contributed by atoms with Gasteiger partial charge in [0.05, 0.1) is 12.3 Å². The molecule has 0 aliphatic rings. The number of ether oxygens (including phenoxy) is 1. The minimum Gasteiger partial charge on any atom is -0.476 e. The van der Waals surface area contributed by atoms with E-state index in [2.05, 4.69) is 4.98 Å². The number of anilines is 1. The normalized spacial score (nSPS) is 12.2. The maximum Gasteiger partial charge on any atom is 0.356 e. The summed E-state index contributed by atoms with van der Waals surface area (Å²) in [5.41, 5.74) is 0.712.